The average Bonchev–Trinajstić information content (AvgIpc) is 2.48. The molecule has 0 aliphatic heterocycles. The normalized spacial score (nSPS) is 11.7. The third kappa shape index (κ3) is 3.21. The monoisotopic (exact) mass is 319 g/mol. The van der Waals surface area contributed by atoms with E-state index in [1.807, 2.05) is 0 Å². The molecule has 0 saturated carbocycles. The Kier molecular flexibility index (Phi) is 3.60. The van der Waals surface area contributed by atoms with Crippen molar-refractivity contribution in [2.75, 3.05) is 0 Å². The quantitative estimate of drug-likeness (QED) is 0.760. The molecule has 0 aliphatic carbocycles. The van der Waals surface area contributed by atoms with Crippen LogP contribution in [0, 0.1) is 6.92 Å². The molecule has 0 bridgehead atoms. The molecule has 0 amide bonds. The highest BCUT2D eigenvalue weighted by Gasteiger charge is 2.31. The van der Waals surface area contributed by atoms with Gasteiger partial charge in [-0.25, -0.2) is 0 Å². The summed E-state index contributed by atoms with van der Waals surface area (Å²) in [5.41, 5.74) is 2.00. The lowest BCUT2D eigenvalue weighted by Gasteiger charge is -2.12. The van der Waals surface area contributed by atoms with Gasteiger partial charge in [-0.2, -0.15) is 0 Å². The van der Waals surface area contributed by atoms with Crippen LogP contribution >= 0.6 is 0 Å². The number of aromatic nitrogens is 1. The lowest BCUT2D eigenvalue weighted by atomic mass is 10.1. The van der Waals surface area contributed by atoms with E-state index in [-0.39, 0.29) is 11.2 Å². The van der Waals surface area contributed by atoms with Crippen LogP contribution in [0.15, 0.2) is 53.3 Å². The first-order valence-corrected chi connectivity index (χ1v) is 6.82. The number of fused-ring (bicyclic) bond motifs is 1. The molecule has 3 nitrogen and oxygen atoms in total. The van der Waals surface area contributed by atoms with E-state index in [0.717, 1.165) is 0 Å². The Morgan fingerprint density at radius 1 is 1.04 bits per heavy atom. The SMILES string of the molecule is Cc1cc(-c2cc(=O)c3ccccc3[nH]2)ccc1OC(F)(F)F. The van der Waals surface area contributed by atoms with Gasteiger partial charge in [-0.3, -0.25) is 4.79 Å². The van der Waals surface area contributed by atoms with Crippen molar-refractivity contribution < 1.29 is 17.9 Å². The van der Waals surface area contributed by atoms with E-state index < -0.39 is 6.36 Å². The van der Waals surface area contributed by atoms with Gasteiger partial charge in [-0.1, -0.05) is 12.1 Å². The summed E-state index contributed by atoms with van der Waals surface area (Å²) >= 11 is 0. The first-order chi connectivity index (χ1) is 10.8. The molecule has 23 heavy (non-hydrogen) atoms. The van der Waals surface area contributed by atoms with Crippen LogP contribution in [0.5, 0.6) is 5.75 Å². The van der Waals surface area contributed by atoms with Crippen molar-refractivity contribution in [1.29, 1.82) is 0 Å². The van der Waals surface area contributed by atoms with Crippen LogP contribution in [0.2, 0.25) is 0 Å². The molecule has 6 heteroatoms. The van der Waals surface area contributed by atoms with E-state index >= 15 is 0 Å². The van der Waals surface area contributed by atoms with Crippen molar-refractivity contribution in [3.8, 4) is 17.0 Å². The summed E-state index contributed by atoms with van der Waals surface area (Å²) in [7, 11) is 0. The van der Waals surface area contributed by atoms with Gasteiger partial charge >= 0.3 is 6.36 Å². The van der Waals surface area contributed by atoms with Gasteiger partial charge in [0.2, 0.25) is 0 Å². The Balaban J connectivity index is 2.06. The Labute approximate surface area is 129 Å². The van der Waals surface area contributed by atoms with Crippen molar-refractivity contribution in [3.63, 3.8) is 0 Å². The molecular formula is C17H12F3NO2. The third-order valence-corrected chi connectivity index (χ3v) is 3.45. The minimum Gasteiger partial charge on any atom is -0.406 e. The Bertz CT molecular complexity index is 929. The number of hydrogen-bond acceptors (Lipinski definition) is 2. The summed E-state index contributed by atoms with van der Waals surface area (Å²) in [4.78, 5) is 15.2. The molecular weight excluding hydrogens is 307 g/mol. The van der Waals surface area contributed by atoms with Crippen molar-refractivity contribution in [3.05, 3.63) is 64.3 Å². The van der Waals surface area contributed by atoms with Gasteiger partial charge in [0.05, 0.1) is 0 Å². The van der Waals surface area contributed by atoms with E-state index in [0.29, 0.717) is 27.7 Å². The van der Waals surface area contributed by atoms with Gasteiger partial charge in [0.1, 0.15) is 5.75 Å². The minimum atomic E-state index is -4.73. The number of hydrogen-bond donors (Lipinski definition) is 1. The standard InChI is InChI=1S/C17H12F3NO2/c1-10-8-11(6-7-16(10)23-17(18,19)20)14-9-15(22)12-4-2-3-5-13(12)21-14/h2-9H,1H3,(H,21,22). The predicted molar refractivity (Wildman–Crippen MR) is 81.4 cm³/mol. The molecule has 3 rings (SSSR count). The molecule has 0 fully saturated rings. The molecule has 3 aromatic rings. The van der Waals surface area contributed by atoms with Crippen molar-refractivity contribution in [1.82, 2.24) is 4.98 Å². The summed E-state index contributed by atoms with van der Waals surface area (Å²) in [6.45, 7) is 1.52. The average molecular weight is 319 g/mol. The van der Waals surface area contributed by atoms with Crippen LogP contribution in [0.1, 0.15) is 5.56 Å². The molecule has 0 radical (unpaired) electrons. The molecule has 0 atom stereocenters. The van der Waals surface area contributed by atoms with Gasteiger partial charge in [0.25, 0.3) is 0 Å². The van der Waals surface area contributed by atoms with Crippen LogP contribution in [0.3, 0.4) is 0 Å². The fraction of sp³-hybridized carbons (Fsp3) is 0.118. The minimum absolute atomic E-state index is 0.150. The summed E-state index contributed by atoms with van der Waals surface area (Å²) < 4.78 is 40.9. The molecule has 1 heterocycles. The highest BCUT2D eigenvalue weighted by atomic mass is 19.4. The van der Waals surface area contributed by atoms with Crippen LogP contribution in [-0.4, -0.2) is 11.3 Å². The first-order valence-electron chi connectivity index (χ1n) is 6.82. The topological polar surface area (TPSA) is 42.1 Å². The Morgan fingerprint density at radius 3 is 2.48 bits per heavy atom. The van der Waals surface area contributed by atoms with E-state index in [4.69, 9.17) is 0 Å². The van der Waals surface area contributed by atoms with Gasteiger partial charge < -0.3 is 9.72 Å². The number of benzene rings is 2. The lowest BCUT2D eigenvalue weighted by Crippen LogP contribution is -2.17. The smallest absolute Gasteiger partial charge is 0.406 e. The predicted octanol–water partition coefficient (Wildman–Crippen LogP) is 4.40. The second-order valence-corrected chi connectivity index (χ2v) is 5.12. The van der Waals surface area contributed by atoms with Crippen LogP contribution in [0.4, 0.5) is 13.2 Å². The van der Waals surface area contributed by atoms with Gasteiger partial charge in [0.15, 0.2) is 5.43 Å². The number of rotatable bonds is 2. The fourth-order valence-corrected chi connectivity index (χ4v) is 2.41. The maximum absolute atomic E-state index is 12.3. The summed E-state index contributed by atoms with van der Waals surface area (Å²) in [6.07, 6.45) is -4.73. The maximum Gasteiger partial charge on any atom is 0.573 e. The molecule has 1 aromatic heterocycles. The number of para-hydroxylation sites is 1. The number of H-pyrrole nitrogens is 1. The summed E-state index contributed by atoms with van der Waals surface area (Å²) in [6, 6.07) is 12.7. The zero-order valence-electron chi connectivity index (χ0n) is 12.1. The number of ether oxygens (including phenoxy) is 1. The lowest BCUT2D eigenvalue weighted by molar-refractivity contribution is -0.274. The van der Waals surface area contributed by atoms with Crippen LogP contribution in [0.25, 0.3) is 22.2 Å². The summed E-state index contributed by atoms with van der Waals surface area (Å²) in [5.74, 6) is -0.260. The van der Waals surface area contributed by atoms with Gasteiger partial charge in [-0.15, -0.1) is 13.2 Å². The molecule has 0 aliphatic rings. The zero-order chi connectivity index (χ0) is 16.6. The molecule has 0 spiro atoms. The molecule has 1 N–H and O–H groups in total. The number of aryl methyl sites for hydroxylation is 1. The fourth-order valence-electron chi connectivity index (χ4n) is 2.41. The number of alkyl halides is 3. The number of pyridine rings is 1. The highest BCUT2D eigenvalue weighted by Crippen LogP contribution is 2.29. The molecule has 2 aromatic carbocycles. The molecule has 118 valence electrons. The Hall–Kier alpha value is -2.76. The number of aromatic amines is 1. The summed E-state index contributed by atoms with van der Waals surface area (Å²) in [5, 5.41) is 0.560. The second-order valence-electron chi connectivity index (χ2n) is 5.12. The molecule has 0 saturated heterocycles. The van der Waals surface area contributed by atoms with E-state index in [9.17, 15) is 18.0 Å². The van der Waals surface area contributed by atoms with Crippen LogP contribution < -0.4 is 10.2 Å². The Morgan fingerprint density at radius 2 is 1.78 bits per heavy atom. The zero-order valence-corrected chi connectivity index (χ0v) is 12.1. The van der Waals surface area contributed by atoms with Crippen LogP contribution in [-0.2, 0) is 0 Å². The van der Waals surface area contributed by atoms with Crippen molar-refractivity contribution >= 4 is 10.9 Å². The second kappa shape index (κ2) is 5.46. The number of nitrogens with one attached hydrogen (secondary N) is 1. The van der Waals surface area contributed by atoms with E-state index in [1.165, 1.54) is 25.1 Å². The highest BCUT2D eigenvalue weighted by molar-refractivity contribution is 5.81. The van der Waals surface area contributed by atoms with Gasteiger partial charge in [0, 0.05) is 22.7 Å². The van der Waals surface area contributed by atoms with Crippen molar-refractivity contribution in [2.45, 2.75) is 13.3 Å². The third-order valence-electron chi connectivity index (χ3n) is 3.45. The van der Waals surface area contributed by atoms with E-state index in [1.54, 1.807) is 30.3 Å². The first kappa shape index (κ1) is 15.1. The largest absolute Gasteiger partial charge is 0.573 e. The maximum atomic E-state index is 12.3. The van der Waals surface area contributed by atoms with Crippen molar-refractivity contribution in [2.24, 2.45) is 0 Å². The van der Waals surface area contributed by atoms with E-state index in [2.05, 4.69) is 9.72 Å². The van der Waals surface area contributed by atoms with Gasteiger partial charge in [-0.05, 0) is 48.4 Å². The number of halogens is 3. The molecule has 0 unspecified atom stereocenters.